The highest BCUT2D eigenvalue weighted by molar-refractivity contribution is 7.89. The minimum Gasteiger partial charge on any atom is -0.291 e. The molecular formula is C33H33F3N6O3S. The molecule has 2 N–H and O–H groups in total. The SMILES string of the molecule is CCN([C@H]1CCC2=CC(N(N)c3ccc(F)cc3)=C3C[C@@]2(C1)C(=O)c1cc(ccn1)C(F)(F)C1C=C31)S(=O)(=O)c1cnn(CC)c1. The van der Waals surface area contributed by atoms with E-state index >= 15 is 8.78 Å². The summed E-state index contributed by atoms with van der Waals surface area (Å²) in [5.41, 5.74) is 0.823. The van der Waals surface area contributed by atoms with Crippen LogP contribution in [0.4, 0.5) is 18.9 Å². The van der Waals surface area contributed by atoms with Crippen LogP contribution in [0.5, 0.6) is 0 Å². The Morgan fingerprint density at radius 2 is 1.91 bits per heavy atom. The number of nitrogens with two attached hydrogens (primary N) is 1. The fourth-order valence-corrected chi connectivity index (χ4v) is 8.94. The number of aromatic nitrogens is 3. The lowest BCUT2D eigenvalue weighted by Gasteiger charge is -2.48. The average Bonchev–Trinajstić information content (AvgIpc) is 3.72. The molecule has 9 nitrogen and oxygen atoms in total. The first kappa shape index (κ1) is 30.6. The van der Waals surface area contributed by atoms with E-state index in [9.17, 15) is 17.6 Å². The molecule has 13 heteroatoms. The molecule has 1 spiro atoms. The molecule has 4 bridgehead atoms. The van der Waals surface area contributed by atoms with Crippen LogP contribution in [0.2, 0.25) is 0 Å². The Morgan fingerprint density at radius 1 is 1.15 bits per heavy atom. The number of Topliss-reactive ketones (excluding diaryl/α,β-unsaturated/α-hetero) is 1. The summed E-state index contributed by atoms with van der Waals surface area (Å²) in [5.74, 6) is 1.22. The standard InChI is InChI=1S/C33H33F3N6O3S/c1-3-40-19-25(18-39-40)46(44,45)41(4-2)24-8-5-20-14-30(42(37)23-9-6-22(34)7-10-23)27-17-32(20,16-24)31(43)29-13-21(11-12-38-29)33(35,36)28-15-26(27)28/h6-7,9-15,18-19,24,28H,3-5,8,16-17,37H2,1-2H3/t24-,28?,32+/m0/s1. The molecule has 1 saturated carbocycles. The third kappa shape index (κ3) is 4.66. The quantitative estimate of drug-likeness (QED) is 0.266. The largest absolute Gasteiger partial charge is 0.291 e. The van der Waals surface area contributed by atoms with Gasteiger partial charge < -0.3 is 0 Å². The number of halogens is 3. The maximum Gasteiger partial charge on any atom is 0.283 e. The molecule has 4 aliphatic rings. The Labute approximate surface area is 264 Å². The Balaban J connectivity index is 1.37. The van der Waals surface area contributed by atoms with Crippen molar-refractivity contribution in [2.75, 3.05) is 11.6 Å². The number of anilines is 1. The highest BCUT2D eigenvalue weighted by Crippen LogP contribution is 2.60. The van der Waals surface area contributed by atoms with Crippen LogP contribution in [0.25, 0.3) is 0 Å². The Morgan fingerprint density at radius 3 is 2.61 bits per heavy atom. The van der Waals surface area contributed by atoms with Crippen molar-refractivity contribution in [2.45, 2.75) is 62.9 Å². The van der Waals surface area contributed by atoms with Crippen LogP contribution in [-0.4, -0.2) is 45.9 Å². The van der Waals surface area contributed by atoms with Crippen molar-refractivity contribution in [1.82, 2.24) is 19.1 Å². The van der Waals surface area contributed by atoms with Crippen molar-refractivity contribution in [1.29, 1.82) is 0 Å². The Hall–Kier alpha value is -4.07. The maximum absolute atomic E-state index is 15.8. The third-order valence-corrected chi connectivity index (χ3v) is 11.8. The van der Waals surface area contributed by atoms with E-state index in [4.69, 9.17) is 5.84 Å². The number of benzene rings is 1. The fourth-order valence-electron chi connectivity index (χ4n) is 7.32. The van der Waals surface area contributed by atoms with Gasteiger partial charge in [0.25, 0.3) is 5.92 Å². The van der Waals surface area contributed by atoms with Crippen LogP contribution < -0.4 is 10.9 Å². The molecule has 0 radical (unpaired) electrons. The van der Waals surface area contributed by atoms with Gasteiger partial charge in [-0.15, -0.1) is 0 Å². The van der Waals surface area contributed by atoms with Gasteiger partial charge in [-0.1, -0.05) is 18.6 Å². The first-order chi connectivity index (χ1) is 21.9. The molecule has 1 aromatic carbocycles. The molecule has 1 fully saturated rings. The van der Waals surface area contributed by atoms with Crippen molar-refractivity contribution in [3.63, 3.8) is 0 Å². The Bertz CT molecular complexity index is 1950. The van der Waals surface area contributed by atoms with E-state index in [1.165, 1.54) is 70.4 Å². The number of fused-ring (bicyclic) bond motifs is 5. The first-order valence-electron chi connectivity index (χ1n) is 15.3. The van der Waals surface area contributed by atoms with E-state index in [1.807, 2.05) is 6.92 Å². The number of alkyl halides is 2. The molecule has 4 aliphatic carbocycles. The third-order valence-electron chi connectivity index (χ3n) is 9.79. The molecule has 0 amide bonds. The summed E-state index contributed by atoms with van der Waals surface area (Å²) in [6.45, 7) is 4.29. The zero-order chi connectivity index (χ0) is 32.6. The molecular weight excluding hydrogens is 617 g/mol. The number of hydrogen-bond acceptors (Lipinski definition) is 7. The minimum atomic E-state index is -3.97. The van der Waals surface area contributed by atoms with Gasteiger partial charge in [0.2, 0.25) is 10.0 Å². The zero-order valence-corrected chi connectivity index (χ0v) is 26.1. The number of hydrogen-bond donors (Lipinski definition) is 1. The number of sulfonamides is 1. The predicted octanol–water partition coefficient (Wildman–Crippen LogP) is 5.50. The van der Waals surface area contributed by atoms with Gasteiger partial charge in [-0.25, -0.2) is 27.4 Å². The Kier molecular flexibility index (Phi) is 7.14. The maximum atomic E-state index is 15.8. The number of ketones is 1. The number of hydrazine groups is 1. The summed E-state index contributed by atoms with van der Waals surface area (Å²) in [5, 5.41) is 5.49. The molecule has 0 aliphatic heterocycles. The van der Waals surface area contributed by atoms with Crippen LogP contribution in [0.1, 0.15) is 55.6 Å². The van der Waals surface area contributed by atoms with E-state index < -0.39 is 44.9 Å². The summed E-state index contributed by atoms with van der Waals surface area (Å²) >= 11 is 0. The second-order valence-electron chi connectivity index (χ2n) is 12.3. The molecule has 46 heavy (non-hydrogen) atoms. The van der Waals surface area contributed by atoms with Crippen molar-refractivity contribution in [3.8, 4) is 0 Å². The molecule has 2 aromatic heterocycles. The molecule has 2 heterocycles. The number of pyridine rings is 1. The highest BCUT2D eigenvalue weighted by atomic mass is 32.2. The lowest BCUT2D eigenvalue weighted by atomic mass is 9.59. The highest BCUT2D eigenvalue weighted by Gasteiger charge is 2.57. The van der Waals surface area contributed by atoms with Crippen molar-refractivity contribution < 1.29 is 26.4 Å². The number of rotatable bonds is 7. The van der Waals surface area contributed by atoms with Gasteiger partial charge in [-0.3, -0.25) is 19.5 Å². The molecule has 0 saturated heterocycles. The van der Waals surface area contributed by atoms with Gasteiger partial charge in [-0.2, -0.15) is 9.40 Å². The van der Waals surface area contributed by atoms with Crippen LogP contribution in [0, 0.1) is 17.2 Å². The van der Waals surface area contributed by atoms with Gasteiger partial charge in [0, 0.05) is 37.1 Å². The van der Waals surface area contributed by atoms with Crippen molar-refractivity contribution >= 4 is 21.5 Å². The van der Waals surface area contributed by atoms with E-state index in [-0.39, 0.29) is 35.5 Å². The average molecular weight is 651 g/mol. The number of nitrogens with zero attached hydrogens (tertiary/aromatic N) is 5. The summed E-state index contributed by atoms with van der Waals surface area (Å²) < 4.78 is 76.3. The van der Waals surface area contributed by atoms with Gasteiger partial charge >= 0.3 is 0 Å². The lowest BCUT2D eigenvalue weighted by molar-refractivity contribution is -0.0222. The smallest absolute Gasteiger partial charge is 0.283 e. The first-order valence-corrected chi connectivity index (χ1v) is 16.7. The van der Waals surface area contributed by atoms with Crippen LogP contribution in [0.3, 0.4) is 0 Å². The van der Waals surface area contributed by atoms with Gasteiger partial charge in [0.1, 0.15) is 16.4 Å². The molecule has 1 unspecified atom stereocenters. The summed E-state index contributed by atoms with van der Waals surface area (Å²) in [4.78, 5) is 19.0. The fraction of sp³-hybridized carbons (Fsp3) is 0.364. The van der Waals surface area contributed by atoms with E-state index in [1.54, 1.807) is 17.7 Å². The number of carbonyl (C=O) groups excluding carboxylic acids is 1. The molecule has 7 rings (SSSR count). The number of allylic oxidation sites excluding steroid dienone is 5. The van der Waals surface area contributed by atoms with Crippen LogP contribution >= 0.6 is 0 Å². The normalized spacial score (nSPS) is 25.0. The number of carbonyl (C=O) groups is 1. The van der Waals surface area contributed by atoms with Crippen molar-refractivity contribution in [2.24, 2.45) is 17.2 Å². The summed E-state index contributed by atoms with van der Waals surface area (Å²) in [6.07, 6.45) is 8.29. The minimum absolute atomic E-state index is 0.0358. The second kappa shape index (κ2) is 10.7. The molecule has 3 aromatic rings. The number of aryl methyl sites for hydroxylation is 1. The van der Waals surface area contributed by atoms with Crippen LogP contribution in [0.15, 0.2) is 94.5 Å². The molecule has 3 atom stereocenters. The lowest BCUT2D eigenvalue weighted by Crippen LogP contribution is -2.50. The van der Waals surface area contributed by atoms with E-state index in [0.29, 0.717) is 41.9 Å². The van der Waals surface area contributed by atoms with Gasteiger partial charge in [-0.05, 0) is 86.2 Å². The summed E-state index contributed by atoms with van der Waals surface area (Å²) in [7, 11) is -3.97. The van der Waals surface area contributed by atoms with Crippen molar-refractivity contribution in [3.05, 3.63) is 107 Å². The monoisotopic (exact) mass is 650 g/mol. The topological polar surface area (TPSA) is 114 Å². The van der Waals surface area contributed by atoms with E-state index in [2.05, 4.69) is 10.1 Å². The summed E-state index contributed by atoms with van der Waals surface area (Å²) in [6, 6.07) is 7.35. The van der Waals surface area contributed by atoms with Gasteiger partial charge in [0.15, 0.2) is 5.78 Å². The zero-order valence-electron chi connectivity index (χ0n) is 25.3. The van der Waals surface area contributed by atoms with E-state index in [0.717, 1.165) is 5.57 Å². The second-order valence-corrected chi connectivity index (χ2v) is 14.1. The van der Waals surface area contributed by atoms with Crippen LogP contribution in [-0.2, 0) is 22.5 Å². The van der Waals surface area contributed by atoms with Gasteiger partial charge in [0.05, 0.1) is 28.9 Å². The molecule has 240 valence electrons. The predicted molar refractivity (Wildman–Crippen MR) is 164 cm³/mol.